The van der Waals surface area contributed by atoms with Gasteiger partial charge in [-0.3, -0.25) is 15.1 Å². The second-order valence-corrected chi connectivity index (χ2v) is 2.07. The molecule has 0 aliphatic heterocycles. The second-order valence-electron chi connectivity index (χ2n) is 2.07. The molecule has 1 aromatic heterocycles. The van der Waals surface area contributed by atoms with E-state index in [1.165, 1.54) is 12.3 Å². The molecule has 6 nitrogen and oxygen atoms in total. The maximum absolute atomic E-state index is 10.3. The van der Waals surface area contributed by atoms with Gasteiger partial charge >= 0.3 is 0 Å². The highest BCUT2D eigenvalue weighted by molar-refractivity contribution is 5.37. The molecule has 1 heterocycles. The molecule has 0 unspecified atom stereocenters. The van der Waals surface area contributed by atoms with Gasteiger partial charge in [-0.1, -0.05) is 0 Å². The van der Waals surface area contributed by atoms with Crippen LogP contribution in [0.4, 0.5) is 5.69 Å². The first-order chi connectivity index (χ1) is 5.63. The van der Waals surface area contributed by atoms with Crippen molar-refractivity contribution in [3.8, 4) is 0 Å². The van der Waals surface area contributed by atoms with Crippen LogP contribution in [0.1, 0.15) is 11.9 Å². The fourth-order valence-electron chi connectivity index (χ4n) is 0.768. The van der Waals surface area contributed by atoms with Crippen molar-refractivity contribution in [2.45, 2.75) is 6.29 Å². The molecule has 2 N–H and O–H groups in total. The molecule has 6 heteroatoms. The molecule has 0 spiro atoms. The fraction of sp³-hybridized carbons (Fsp3) is 0.167. The number of hydrogen-bond donors (Lipinski definition) is 2. The van der Waals surface area contributed by atoms with Gasteiger partial charge in [0.2, 0.25) is 0 Å². The summed E-state index contributed by atoms with van der Waals surface area (Å²) in [6.07, 6.45) is 0.379. The van der Waals surface area contributed by atoms with Crippen molar-refractivity contribution in [2.75, 3.05) is 0 Å². The smallest absolute Gasteiger partial charge is 0.295 e. The maximum Gasteiger partial charge on any atom is 0.295 e. The first-order valence-electron chi connectivity index (χ1n) is 3.07. The summed E-state index contributed by atoms with van der Waals surface area (Å²) in [5.41, 5.74) is -0.553. The second kappa shape index (κ2) is 3.24. The van der Waals surface area contributed by atoms with Crippen molar-refractivity contribution in [3.63, 3.8) is 0 Å². The molecule has 64 valence electrons. The molecule has 0 radical (unpaired) electrons. The van der Waals surface area contributed by atoms with Gasteiger partial charge in [-0.05, 0) is 6.07 Å². The SMILES string of the molecule is O=[N+]([O-])c1cnccc1C(O)O. The van der Waals surface area contributed by atoms with Crippen molar-refractivity contribution in [2.24, 2.45) is 0 Å². The lowest BCUT2D eigenvalue weighted by atomic mass is 10.2. The number of pyridine rings is 1. The van der Waals surface area contributed by atoms with Crippen LogP contribution >= 0.6 is 0 Å². The third-order valence-electron chi connectivity index (χ3n) is 1.31. The zero-order valence-corrected chi connectivity index (χ0v) is 5.91. The van der Waals surface area contributed by atoms with Crippen molar-refractivity contribution in [1.29, 1.82) is 0 Å². The van der Waals surface area contributed by atoms with Gasteiger partial charge in [-0.25, -0.2) is 0 Å². The number of aromatic nitrogens is 1. The molecule has 0 fully saturated rings. The topological polar surface area (TPSA) is 96.5 Å². The number of rotatable bonds is 2. The van der Waals surface area contributed by atoms with Crippen LogP contribution in [0.15, 0.2) is 18.5 Å². The Kier molecular flexibility index (Phi) is 2.32. The zero-order chi connectivity index (χ0) is 9.14. The Bertz CT molecular complexity index is 299. The summed E-state index contributed by atoms with van der Waals surface area (Å²) < 4.78 is 0. The average molecular weight is 170 g/mol. The van der Waals surface area contributed by atoms with Gasteiger partial charge in [0.25, 0.3) is 5.69 Å². The largest absolute Gasteiger partial charge is 0.364 e. The highest BCUT2D eigenvalue weighted by Gasteiger charge is 2.17. The van der Waals surface area contributed by atoms with Gasteiger partial charge in [0, 0.05) is 6.20 Å². The Morgan fingerprint density at radius 2 is 2.25 bits per heavy atom. The monoisotopic (exact) mass is 170 g/mol. The Morgan fingerprint density at radius 3 is 2.67 bits per heavy atom. The van der Waals surface area contributed by atoms with Gasteiger partial charge < -0.3 is 10.2 Å². The van der Waals surface area contributed by atoms with E-state index in [0.717, 1.165) is 6.20 Å². The van der Waals surface area contributed by atoms with E-state index >= 15 is 0 Å². The molecule has 0 aliphatic carbocycles. The normalized spacial score (nSPS) is 10.2. The standard InChI is InChI=1S/C6H6N2O4/c9-6(10)4-1-2-7-3-5(4)8(11)12/h1-3,6,9-10H. The zero-order valence-electron chi connectivity index (χ0n) is 5.91. The van der Waals surface area contributed by atoms with Gasteiger partial charge in [-0.2, -0.15) is 0 Å². The number of nitro groups is 1. The molecule has 1 rings (SSSR count). The van der Waals surface area contributed by atoms with E-state index in [9.17, 15) is 10.1 Å². The quantitative estimate of drug-likeness (QED) is 0.369. The van der Waals surface area contributed by atoms with Crippen LogP contribution < -0.4 is 0 Å². The summed E-state index contributed by atoms with van der Waals surface area (Å²) in [6.45, 7) is 0. The number of aliphatic hydroxyl groups is 2. The molecule has 0 amide bonds. The minimum atomic E-state index is -1.84. The van der Waals surface area contributed by atoms with Crippen LogP contribution in [0.5, 0.6) is 0 Å². The fourth-order valence-corrected chi connectivity index (χ4v) is 0.768. The minimum Gasteiger partial charge on any atom is -0.364 e. The Balaban J connectivity index is 3.17. The summed E-state index contributed by atoms with van der Waals surface area (Å²) in [6, 6.07) is 1.18. The third kappa shape index (κ3) is 1.55. The van der Waals surface area contributed by atoms with Crippen molar-refractivity contribution in [3.05, 3.63) is 34.1 Å². The molecule has 1 aromatic rings. The van der Waals surface area contributed by atoms with E-state index in [-0.39, 0.29) is 5.56 Å². The van der Waals surface area contributed by atoms with Gasteiger partial charge in [0.1, 0.15) is 6.20 Å². The predicted molar refractivity (Wildman–Crippen MR) is 38.1 cm³/mol. The highest BCUT2D eigenvalue weighted by Crippen LogP contribution is 2.21. The Hall–Kier alpha value is -1.53. The lowest BCUT2D eigenvalue weighted by Gasteiger charge is -2.02. The minimum absolute atomic E-state index is 0.157. The predicted octanol–water partition coefficient (Wildman–Crippen LogP) is -0.0270. The summed E-state index contributed by atoms with van der Waals surface area (Å²) in [5.74, 6) is 0. The average Bonchev–Trinajstić information content (AvgIpc) is 2.04. The molecule has 0 saturated heterocycles. The van der Waals surface area contributed by atoms with Crippen LogP contribution in [0.3, 0.4) is 0 Å². The van der Waals surface area contributed by atoms with Crippen LogP contribution in [0.2, 0.25) is 0 Å². The Morgan fingerprint density at radius 1 is 1.58 bits per heavy atom. The van der Waals surface area contributed by atoms with E-state index in [0.29, 0.717) is 0 Å². The van der Waals surface area contributed by atoms with Gasteiger partial charge in [0.05, 0.1) is 10.5 Å². The lowest BCUT2D eigenvalue weighted by Crippen LogP contribution is -2.01. The first kappa shape index (κ1) is 8.57. The van der Waals surface area contributed by atoms with Gasteiger partial charge in [0.15, 0.2) is 6.29 Å². The first-order valence-corrected chi connectivity index (χ1v) is 3.07. The van der Waals surface area contributed by atoms with Crippen LogP contribution in [-0.4, -0.2) is 20.1 Å². The van der Waals surface area contributed by atoms with Crippen LogP contribution in [0.25, 0.3) is 0 Å². The summed E-state index contributed by atoms with van der Waals surface area (Å²) >= 11 is 0. The number of hydrogen-bond acceptors (Lipinski definition) is 5. The summed E-state index contributed by atoms with van der Waals surface area (Å²) in [7, 11) is 0. The maximum atomic E-state index is 10.3. The Labute approximate surface area is 67.3 Å². The summed E-state index contributed by atoms with van der Waals surface area (Å²) in [4.78, 5) is 13.0. The molecule has 12 heavy (non-hydrogen) atoms. The summed E-state index contributed by atoms with van der Waals surface area (Å²) in [5, 5.41) is 27.6. The number of nitrogens with zero attached hydrogens (tertiary/aromatic N) is 2. The molecule has 0 aromatic carbocycles. The highest BCUT2D eigenvalue weighted by atomic mass is 16.6. The van der Waals surface area contributed by atoms with E-state index < -0.39 is 16.9 Å². The van der Waals surface area contributed by atoms with Crippen LogP contribution in [-0.2, 0) is 0 Å². The molecule has 0 aliphatic rings. The van der Waals surface area contributed by atoms with Crippen molar-refractivity contribution >= 4 is 5.69 Å². The third-order valence-corrected chi connectivity index (χ3v) is 1.31. The lowest BCUT2D eigenvalue weighted by molar-refractivity contribution is -0.387. The number of aliphatic hydroxyl groups excluding tert-OH is 1. The van der Waals surface area contributed by atoms with E-state index in [4.69, 9.17) is 10.2 Å². The molecular weight excluding hydrogens is 164 g/mol. The van der Waals surface area contributed by atoms with E-state index in [1.807, 2.05) is 0 Å². The van der Waals surface area contributed by atoms with E-state index in [2.05, 4.69) is 4.98 Å². The van der Waals surface area contributed by atoms with Crippen molar-refractivity contribution < 1.29 is 15.1 Å². The molecule has 0 atom stereocenters. The van der Waals surface area contributed by atoms with Crippen molar-refractivity contribution in [1.82, 2.24) is 4.98 Å². The molecule has 0 saturated carbocycles. The van der Waals surface area contributed by atoms with E-state index in [1.54, 1.807) is 0 Å². The van der Waals surface area contributed by atoms with Crippen LogP contribution in [0, 0.1) is 10.1 Å². The molecular formula is C6H6N2O4. The molecule has 0 bridgehead atoms. The van der Waals surface area contributed by atoms with Gasteiger partial charge in [-0.15, -0.1) is 0 Å².